The maximum Gasteiger partial charge on any atom is 0.100 e. The highest BCUT2D eigenvalue weighted by molar-refractivity contribution is 4.44. The Hall–Kier alpha value is -0.240. The molecule has 0 spiro atoms. The van der Waals surface area contributed by atoms with Crippen molar-refractivity contribution in [3.8, 4) is 0 Å². The van der Waals surface area contributed by atoms with Gasteiger partial charge in [-0.05, 0) is 20.8 Å². The molecule has 0 radical (unpaired) electrons. The van der Waals surface area contributed by atoms with E-state index in [0.29, 0.717) is 0 Å². The maximum atomic E-state index is 8.17. The highest BCUT2D eigenvalue weighted by atomic mass is 16.3. The van der Waals surface area contributed by atoms with Crippen molar-refractivity contribution in [1.29, 1.82) is 0 Å². The molecule has 0 aromatic carbocycles. The normalized spacial score (nSPS) is 11.4. The van der Waals surface area contributed by atoms with Gasteiger partial charge in [0.2, 0.25) is 0 Å². The van der Waals surface area contributed by atoms with Crippen LogP contribution >= 0.6 is 0 Å². The Bertz CT molecular complexity index is 89.8. The van der Waals surface area contributed by atoms with Crippen LogP contribution < -0.4 is 0 Å². The Morgan fingerprint density at radius 1 is 0.733 bits per heavy atom. The first-order valence-corrected chi connectivity index (χ1v) is 4.68. The molecule has 0 aliphatic heterocycles. The lowest BCUT2D eigenvalue weighted by Gasteiger charge is -1.96. The first kappa shape index (κ1) is 20.2. The van der Waals surface area contributed by atoms with E-state index in [0.717, 1.165) is 0 Å². The van der Waals surface area contributed by atoms with Gasteiger partial charge in [-0.3, -0.25) is 0 Å². The van der Waals surface area contributed by atoms with Crippen molar-refractivity contribution in [1.82, 2.24) is 0 Å². The quantitative estimate of drug-likeness (QED) is 0.335. The van der Waals surface area contributed by atoms with E-state index in [1.807, 2.05) is 0 Å². The van der Waals surface area contributed by atoms with Crippen LogP contribution in [0.1, 0.15) is 20.8 Å². The van der Waals surface area contributed by atoms with Crippen LogP contribution in [0.3, 0.4) is 0 Å². The summed E-state index contributed by atoms with van der Waals surface area (Å²) in [7, 11) is 0. The number of rotatable bonds is 3. The molecule has 15 heavy (non-hydrogen) atoms. The van der Waals surface area contributed by atoms with Gasteiger partial charge in [0.15, 0.2) is 0 Å². The third-order valence-electron chi connectivity index (χ3n) is 0.686. The second-order valence-corrected chi connectivity index (χ2v) is 3.14. The summed E-state index contributed by atoms with van der Waals surface area (Å²) in [4.78, 5) is 0. The highest BCUT2D eigenvalue weighted by Crippen LogP contribution is 1.71. The predicted octanol–water partition coefficient (Wildman–Crippen LogP) is -1.92. The van der Waals surface area contributed by atoms with Crippen molar-refractivity contribution in [2.24, 2.45) is 0 Å². The van der Waals surface area contributed by atoms with Gasteiger partial charge in [-0.15, -0.1) is 0 Å². The number of hydrogen-bond acceptors (Lipinski definition) is 6. The average Bonchev–Trinajstić information content (AvgIpc) is 2.16. The molecule has 6 N–H and O–H groups in total. The van der Waals surface area contributed by atoms with Crippen LogP contribution in [0.25, 0.3) is 0 Å². The standard InChI is InChI=1S/C3H8O3.C3H8O2.C3H8O/c4-1-3(6)2-5;1-3(5)2-4;1-3(2)4/h3-6H,1-2H2;3-5H,2H2,1H3;3-4H,1-2H3. The fraction of sp³-hybridized carbons (Fsp3) is 1.00. The van der Waals surface area contributed by atoms with Crippen molar-refractivity contribution >= 4 is 0 Å². The fourth-order valence-corrected chi connectivity index (χ4v) is 0.0577. The van der Waals surface area contributed by atoms with E-state index in [9.17, 15) is 0 Å². The van der Waals surface area contributed by atoms with Gasteiger partial charge in [-0.2, -0.15) is 0 Å². The number of hydrogen-bond donors (Lipinski definition) is 6. The van der Waals surface area contributed by atoms with Gasteiger partial charge in [0.1, 0.15) is 6.10 Å². The van der Waals surface area contributed by atoms with Crippen LogP contribution in [0.15, 0.2) is 0 Å². The first-order chi connectivity index (χ1) is 6.81. The van der Waals surface area contributed by atoms with Crippen LogP contribution in [0, 0.1) is 0 Å². The summed E-state index contributed by atoms with van der Waals surface area (Å²) < 4.78 is 0. The molecule has 6 nitrogen and oxygen atoms in total. The molecule has 1 unspecified atom stereocenters. The Balaban J connectivity index is -0.000000147. The molecule has 0 fully saturated rings. The van der Waals surface area contributed by atoms with Crippen LogP contribution in [0.4, 0.5) is 0 Å². The van der Waals surface area contributed by atoms with Crippen molar-refractivity contribution < 1.29 is 30.6 Å². The lowest BCUT2D eigenvalue weighted by Crippen LogP contribution is -2.15. The minimum atomic E-state index is -0.954. The third-order valence-corrected chi connectivity index (χ3v) is 0.686. The van der Waals surface area contributed by atoms with E-state index in [1.165, 1.54) is 6.92 Å². The topological polar surface area (TPSA) is 121 Å². The molecule has 0 aromatic rings. The summed E-state index contributed by atoms with van der Waals surface area (Å²) in [5.74, 6) is 0. The molecule has 0 aromatic heterocycles. The van der Waals surface area contributed by atoms with Gasteiger partial charge in [0.25, 0.3) is 0 Å². The van der Waals surface area contributed by atoms with Crippen molar-refractivity contribution in [2.75, 3.05) is 19.8 Å². The molecule has 1 atom stereocenters. The number of aliphatic hydroxyl groups excluding tert-OH is 6. The Morgan fingerprint density at radius 3 is 0.933 bits per heavy atom. The highest BCUT2D eigenvalue weighted by Gasteiger charge is 1.93. The van der Waals surface area contributed by atoms with E-state index in [2.05, 4.69) is 0 Å². The van der Waals surface area contributed by atoms with Crippen LogP contribution in [-0.4, -0.2) is 68.8 Å². The predicted molar refractivity (Wildman–Crippen MR) is 56.3 cm³/mol. The summed E-state index contributed by atoms with van der Waals surface area (Å²) in [5.41, 5.74) is 0. The summed E-state index contributed by atoms with van der Waals surface area (Å²) in [6, 6.07) is 0. The lowest BCUT2D eigenvalue weighted by atomic mass is 10.4. The van der Waals surface area contributed by atoms with Crippen molar-refractivity contribution in [3.63, 3.8) is 0 Å². The molecule has 0 rings (SSSR count). The van der Waals surface area contributed by atoms with E-state index in [4.69, 9.17) is 30.6 Å². The third kappa shape index (κ3) is 57.4. The van der Waals surface area contributed by atoms with Gasteiger partial charge in [0.05, 0.1) is 25.9 Å². The summed E-state index contributed by atoms with van der Waals surface area (Å²) in [6.07, 6.45) is -1.68. The zero-order chi connectivity index (χ0) is 12.9. The SMILES string of the molecule is CC(C)O.CC(O)CO.OCC(O)CO. The molecule has 96 valence electrons. The zero-order valence-electron chi connectivity index (χ0n) is 9.54. The molecular weight excluding hydrogens is 204 g/mol. The van der Waals surface area contributed by atoms with Gasteiger partial charge in [-0.1, -0.05) is 0 Å². The van der Waals surface area contributed by atoms with E-state index < -0.39 is 12.2 Å². The van der Waals surface area contributed by atoms with Gasteiger partial charge in [0, 0.05) is 6.10 Å². The second-order valence-electron chi connectivity index (χ2n) is 3.14. The lowest BCUT2D eigenvalue weighted by molar-refractivity contribution is 0.0450. The largest absolute Gasteiger partial charge is 0.394 e. The van der Waals surface area contributed by atoms with Gasteiger partial charge < -0.3 is 30.6 Å². The fourth-order valence-electron chi connectivity index (χ4n) is 0.0577. The van der Waals surface area contributed by atoms with Crippen LogP contribution in [0.5, 0.6) is 0 Å². The average molecular weight is 228 g/mol. The van der Waals surface area contributed by atoms with Crippen molar-refractivity contribution in [3.05, 3.63) is 0 Å². The monoisotopic (exact) mass is 228 g/mol. The molecule has 0 bridgehead atoms. The smallest absolute Gasteiger partial charge is 0.100 e. The van der Waals surface area contributed by atoms with E-state index in [-0.39, 0.29) is 25.9 Å². The second kappa shape index (κ2) is 16.2. The van der Waals surface area contributed by atoms with Crippen LogP contribution in [0.2, 0.25) is 0 Å². The molecule has 0 saturated carbocycles. The first-order valence-electron chi connectivity index (χ1n) is 4.68. The van der Waals surface area contributed by atoms with E-state index in [1.54, 1.807) is 13.8 Å². The summed E-state index contributed by atoms with van der Waals surface area (Å²) >= 11 is 0. The molecule has 0 heterocycles. The van der Waals surface area contributed by atoms with Gasteiger partial charge in [-0.25, -0.2) is 0 Å². The minimum Gasteiger partial charge on any atom is -0.394 e. The van der Waals surface area contributed by atoms with Crippen molar-refractivity contribution in [2.45, 2.75) is 39.1 Å². The Kier molecular flexibility index (Phi) is 21.8. The summed E-state index contributed by atoms with van der Waals surface area (Å²) in [6.45, 7) is 4.10. The molecule has 0 aliphatic rings. The van der Waals surface area contributed by atoms with Crippen LogP contribution in [-0.2, 0) is 0 Å². The minimum absolute atomic E-state index is 0.139. The Morgan fingerprint density at radius 2 is 0.933 bits per heavy atom. The Labute approximate surface area is 90.4 Å². The summed E-state index contributed by atoms with van der Waals surface area (Å²) in [5, 5.41) is 48.1. The molecular formula is C9H24O6. The molecule has 0 amide bonds. The van der Waals surface area contributed by atoms with Gasteiger partial charge >= 0.3 is 0 Å². The molecule has 6 heteroatoms. The van der Waals surface area contributed by atoms with E-state index >= 15 is 0 Å². The zero-order valence-corrected chi connectivity index (χ0v) is 9.54. The molecule has 0 saturated heterocycles. The maximum absolute atomic E-state index is 8.17. The number of aliphatic hydroxyl groups is 6. The molecule has 0 aliphatic carbocycles.